The van der Waals surface area contributed by atoms with Crippen molar-refractivity contribution < 1.29 is 0 Å². The van der Waals surface area contributed by atoms with Crippen molar-refractivity contribution in [1.82, 2.24) is 14.5 Å². The van der Waals surface area contributed by atoms with Gasteiger partial charge in [-0.2, -0.15) is 0 Å². The molecule has 0 aliphatic rings. The number of aromatic nitrogens is 3. The van der Waals surface area contributed by atoms with Crippen LogP contribution in [0.25, 0.3) is 44.0 Å². The van der Waals surface area contributed by atoms with Gasteiger partial charge in [0.05, 0.1) is 16.7 Å². The van der Waals surface area contributed by atoms with E-state index in [2.05, 4.69) is 90.0 Å². The fourth-order valence-corrected chi connectivity index (χ4v) is 4.03. The highest BCUT2D eigenvalue weighted by Crippen LogP contribution is 2.35. The zero-order valence-electron chi connectivity index (χ0n) is 15.1. The van der Waals surface area contributed by atoms with Crippen molar-refractivity contribution in [3.8, 4) is 11.3 Å². The van der Waals surface area contributed by atoms with Crippen molar-refractivity contribution in [3.63, 3.8) is 0 Å². The molecular weight excluding hydrogens is 318 g/mol. The second kappa shape index (κ2) is 5.40. The van der Waals surface area contributed by atoms with Crippen LogP contribution in [0.4, 0.5) is 0 Å². The molecule has 0 amide bonds. The zero-order valence-corrected chi connectivity index (χ0v) is 15.1. The van der Waals surface area contributed by atoms with Gasteiger partial charge in [0, 0.05) is 18.0 Å². The lowest BCUT2D eigenvalue weighted by Crippen LogP contribution is -1.94. The topological polar surface area (TPSA) is 30.7 Å². The van der Waals surface area contributed by atoms with E-state index < -0.39 is 0 Å². The lowest BCUT2D eigenvalue weighted by atomic mass is 10.0. The highest BCUT2D eigenvalue weighted by Gasteiger charge is 2.16. The molecule has 3 heteroatoms. The first-order valence-electron chi connectivity index (χ1n) is 8.82. The number of fused-ring (bicyclic) bond motifs is 4. The maximum atomic E-state index is 4.65. The molecule has 2 aromatic heterocycles. The molecule has 0 bridgehead atoms. The van der Waals surface area contributed by atoms with Crippen LogP contribution in [0.15, 0.2) is 60.9 Å². The van der Waals surface area contributed by atoms with Crippen molar-refractivity contribution in [3.05, 3.63) is 72.1 Å². The molecule has 0 atom stereocenters. The van der Waals surface area contributed by atoms with E-state index in [1.807, 2.05) is 0 Å². The summed E-state index contributed by atoms with van der Waals surface area (Å²) in [5.74, 6) is 0. The van der Waals surface area contributed by atoms with Gasteiger partial charge in [-0.1, -0.05) is 41.5 Å². The molecular formula is C23H19N3. The molecule has 0 aliphatic carbocycles. The summed E-state index contributed by atoms with van der Waals surface area (Å²) in [6.45, 7) is 4.26. The van der Waals surface area contributed by atoms with Crippen LogP contribution >= 0.6 is 0 Å². The minimum Gasteiger partial charge on any atom is -0.340 e. The van der Waals surface area contributed by atoms with Crippen molar-refractivity contribution >= 4 is 32.7 Å². The number of nitrogens with zero attached hydrogens (tertiary/aromatic N) is 3. The Balaban J connectivity index is 1.93. The maximum Gasteiger partial charge on any atom is 0.116 e. The molecule has 5 aromatic rings. The second-order valence-corrected chi connectivity index (χ2v) is 7.07. The van der Waals surface area contributed by atoms with Gasteiger partial charge in [0.2, 0.25) is 0 Å². The van der Waals surface area contributed by atoms with Gasteiger partial charge in [-0.25, -0.2) is 9.97 Å². The summed E-state index contributed by atoms with van der Waals surface area (Å²) in [5.41, 5.74) is 7.91. The van der Waals surface area contributed by atoms with Crippen molar-refractivity contribution in [2.24, 2.45) is 7.05 Å². The third-order valence-corrected chi connectivity index (χ3v) is 5.13. The first-order chi connectivity index (χ1) is 12.6. The quantitative estimate of drug-likeness (QED) is 0.401. The third-order valence-electron chi connectivity index (χ3n) is 5.13. The highest BCUT2D eigenvalue weighted by atomic mass is 15.0. The first-order valence-corrected chi connectivity index (χ1v) is 8.82. The number of hydrogen-bond donors (Lipinski definition) is 0. The Labute approximate surface area is 151 Å². The fraction of sp³-hybridized carbons (Fsp3) is 0.130. The van der Waals surface area contributed by atoms with Gasteiger partial charge in [0.15, 0.2) is 0 Å². The predicted molar refractivity (Wildman–Crippen MR) is 108 cm³/mol. The van der Waals surface area contributed by atoms with Crippen LogP contribution in [-0.4, -0.2) is 14.5 Å². The number of hydrogen-bond acceptors (Lipinski definition) is 2. The Morgan fingerprint density at radius 3 is 2.23 bits per heavy atom. The van der Waals surface area contributed by atoms with E-state index in [9.17, 15) is 0 Å². The molecule has 126 valence electrons. The molecule has 0 aliphatic heterocycles. The minimum atomic E-state index is 0.990. The van der Waals surface area contributed by atoms with E-state index in [-0.39, 0.29) is 0 Å². The molecule has 5 rings (SSSR count). The van der Waals surface area contributed by atoms with E-state index >= 15 is 0 Å². The van der Waals surface area contributed by atoms with E-state index in [0.717, 1.165) is 22.3 Å². The van der Waals surface area contributed by atoms with Crippen LogP contribution in [0.5, 0.6) is 0 Å². The molecule has 0 unspecified atom stereocenters. The maximum absolute atomic E-state index is 4.65. The SMILES string of the molecule is Cc1cc(C)cc(-c2ncnc3c4cc5ccccc5cc4n(C)c23)c1. The van der Waals surface area contributed by atoms with Gasteiger partial charge in [-0.05, 0) is 48.9 Å². The first kappa shape index (κ1) is 15.1. The Bertz CT molecular complexity index is 1290. The van der Waals surface area contributed by atoms with Crippen LogP contribution in [-0.2, 0) is 7.05 Å². The summed E-state index contributed by atoms with van der Waals surface area (Å²) in [6.07, 6.45) is 1.68. The number of benzene rings is 3. The van der Waals surface area contributed by atoms with Crippen LogP contribution in [0.1, 0.15) is 11.1 Å². The molecule has 2 heterocycles. The third kappa shape index (κ3) is 2.14. The molecule has 3 aromatic carbocycles. The predicted octanol–water partition coefficient (Wildman–Crippen LogP) is 5.56. The van der Waals surface area contributed by atoms with Crippen LogP contribution in [0, 0.1) is 13.8 Å². The van der Waals surface area contributed by atoms with Gasteiger partial charge in [0.1, 0.15) is 11.8 Å². The van der Waals surface area contributed by atoms with Gasteiger partial charge in [-0.3, -0.25) is 0 Å². The Kier molecular flexibility index (Phi) is 3.13. The average Bonchev–Trinajstić information content (AvgIpc) is 2.91. The summed E-state index contributed by atoms with van der Waals surface area (Å²) in [5, 5.41) is 3.65. The van der Waals surface area contributed by atoms with E-state index in [0.29, 0.717) is 0 Å². The summed E-state index contributed by atoms with van der Waals surface area (Å²) in [4.78, 5) is 9.29. The van der Waals surface area contributed by atoms with E-state index in [1.165, 1.54) is 32.8 Å². The molecule has 3 nitrogen and oxygen atoms in total. The van der Waals surface area contributed by atoms with Crippen LogP contribution in [0.3, 0.4) is 0 Å². The Morgan fingerprint density at radius 1 is 0.808 bits per heavy atom. The molecule has 0 N–H and O–H groups in total. The number of rotatable bonds is 1. The standard InChI is InChI=1S/C23H19N3/c1-14-8-15(2)10-18(9-14)21-23-22(25-13-24-21)19-11-16-6-4-5-7-17(16)12-20(19)26(23)3/h4-13H,1-3H3. The van der Waals surface area contributed by atoms with Gasteiger partial charge in [-0.15, -0.1) is 0 Å². The lowest BCUT2D eigenvalue weighted by molar-refractivity contribution is 1.01. The van der Waals surface area contributed by atoms with E-state index in [4.69, 9.17) is 0 Å². The summed E-state index contributed by atoms with van der Waals surface area (Å²) >= 11 is 0. The Morgan fingerprint density at radius 2 is 1.50 bits per heavy atom. The summed E-state index contributed by atoms with van der Waals surface area (Å²) < 4.78 is 2.23. The second-order valence-electron chi connectivity index (χ2n) is 7.07. The molecule has 0 spiro atoms. The van der Waals surface area contributed by atoms with Crippen molar-refractivity contribution in [2.75, 3.05) is 0 Å². The Hall–Kier alpha value is -3.20. The normalized spacial score (nSPS) is 11.7. The van der Waals surface area contributed by atoms with Crippen LogP contribution in [0.2, 0.25) is 0 Å². The van der Waals surface area contributed by atoms with Gasteiger partial charge in [0.25, 0.3) is 0 Å². The zero-order chi connectivity index (χ0) is 17.8. The molecule has 26 heavy (non-hydrogen) atoms. The monoisotopic (exact) mass is 337 g/mol. The van der Waals surface area contributed by atoms with Gasteiger partial charge >= 0.3 is 0 Å². The molecule has 0 radical (unpaired) electrons. The average molecular weight is 337 g/mol. The molecule has 0 saturated heterocycles. The van der Waals surface area contributed by atoms with Gasteiger partial charge < -0.3 is 4.57 Å². The van der Waals surface area contributed by atoms with Crippen molar-refractivity contribution in [2.45, 2.75) is 13.8 Å². The minimum absolute atomic E-state index is 0.990. The lowest BCUT2D eigenvalue weighted by Gasteiger charge is -2.07. The highest BCUT2D eigenvalue weighted by molar-refractivity contribution is 6.13. The summed E-state index contributed by atoms with van der Waals surface area (Å²) in [7, 11) is 2.11. The molecule has 0 fully saturated rings. The smallest absolute Gasteiger partial charge is 0.116 e. The number of aryl methyl sites for hydroxylation is 3. The van der Waals surface area contributed by atoms with Crippen LogP contribution < -0.4 is 0 Å². The summed E-state index contributed by atoms with van der Waals surface area (Å²) in [6, 6.07) is 19.5. The largest absolute Gasteiger partial charge is 0.340 e. The van der Waals surface area contributed by atoms with E-state index in [1.54, 1.807) is 6.33 Å². The fourth-order valence-electron chi connectivity index (χ4n) is 4.03. The molecule has 0 saturated carbocycles. The van der Waals surface area contributed by atoms with Crippen molar-refractivity contribution in [1.29, 1.82) is 0 Å².